The van der Waals surface area contributed by atoms with Crippen LogP contribution in [0.3, 0.4) is 0 Å². The van der Waals surface area contributed by atoms with Crippen LogP contribution in [0, 0.1) is 5.41 Å². The maximum atomic E-state index is 12.2. The number of amides is 1. The van der Waals surface area contributed by atoms with Gasteiger partial charge in [0.15, 0.2) is 0 Å². The Hall–Kier alpha value is -1.26. The number of carbonyl (C=O) groups excluding carboxylic acids is 1. The van der Waals surface area contributed by atoms with Crippen LogP contribution in [-0.2, 0) is 11.3 Å². The van der Waals surface area contributed by atoms with E-state index in [1.54, 1.807) is 0 Å². The Labute approximate surface area is 156 Å². The first-order valence-corrected chi connectivity index (χ1v) is 9.54. The van der Waals surface area contributed by atoms with Gasteiger partial charge in [-0.25, -0.2) is 4.79 Å². The first-order chi connectivity index (χ1) is 11.7. The summed E-state index contributed by atoms with van der Waals surface area (Å²) in [5.74, 6) is 0. The van der Waals surface area contributed by atoms with Crippen LogP contribution >= 0.6 is 11.6 Å². The molecular formula is C20H31ClN2O2. The van der Waals surface area contributed by atoms with E-state index in [9.17, 15) is 4.79 Å². The number of ether oxygens (including phenoxy) is 1. The van der Waals surface area contributed by atoms with Crippen LogP contribution in [0.15, 0.2) is 24.3 Å². The third-order valence-electron chi connectivity index (χ3n) is 4.94. The molecule has 0 aromatic heterocycles. The lowest BCUT2D eigenvalue weighted by atomic mass is 9.76. The van der Waals surface area contributed by atoms with Gasteiger partial charge in [0.05, 0.1) is 0 Å². The minimum atomic E-state index is -0.436. The zero-order chi connectivity index (χ0) is 18.5. The van der Waals surface area contributed by atoms with Gasteiger partial charge in [-0.15, -0.1) is 0 Å². The molecule has 0 saturated carbocycles. The summed E-state index contributed by atoms with van der Waals surface area (Å²) in [7, 11) is 0. The van der Waals surface area contributed by atoms with E-state index >= 15 is 0 Å². The number of nitrogens with zero attached hydrogens (tertiary/aromatic N) is 1. The quantitative estimate of drug-likeness (QED) is 0.809. The van der Waals surface area contributed by atoms with Crippen molar-refractivity contribution in [3.63, 3.8) is 0 Å². The molecule has 2 rings (SSSR count). The number of rotatable bonds is 5. The Bertz CT molecular complexity index is 575. The van der Waals surface area contributed by atoms with Crippen molar-refractivity contribution in [3.8, 4) is 0 Å². The van der Waals surface area contributed by atoms with Crippen molar-refractivity contribution in [2.75, 3.05) is 19.6 Å². The molecular weight excluding hydrogens is 336 g/mol. The molecule has 1 aliphatic rings. The van der Waals surface area contributed by atoms with Gasteiger partial charge in [0.25, 0.3) is 0 Å². The molecule has 1 aromatic carbocycles. The fourth-order valence-electron chi connectivity index (χ4n) is 3.26. The summed E-state index contributed by atoms with van der Waals surface area (Å²) >= 11 is 6.04. The maximum absolute atomic E-state index is 12.2. The Kier molecular flexibility index (Phi) is 6.75. The van der Waals surface area contributed by atoms with Crippen molar-refractivity contribution in [1.82, 2.24) is 10.2 Å². The lowest BCUT2D eigenvalue weighted by Crippen LogP contribution is -2.48. The Morgan fingerprint density at radius 3 is 2.56 bits per heavy atom. The van der Waals surface area contributed by atoms with E-state index in [-0.39, 0.29) is 11.5 Å². The van der Waals surface area contributed by atoms with Gasteiger partial charge in [-0.2, -0.15) is 0 Å². The second-order valence-electron chi connectivity index (χ2n) is 8.05. The molecule has 1 amide bonds. The van der Waals surface area contributed by atoms with Crippen molar-refractivity contribution in [2.45, 2.75) is 59.1 Å². The van der Waals surface area contributed by atoms with Crippen LogP contribution in [0.4, 0.5) is 4.79 Å². The van der Waals surface area contributed by atoms with Gasteiger partial charge in [-0.1, -0.05) is 30.7 Å². The largest absolute Gasteiger partial charge is 0.444 e. The van der Waals surface area contributed by atoms with Gasteiger partial charge in [-0.3, -0.25) is 0 Å². The minimum Gasteiger partial charge on any atom is -0.444 e. The standard InChI is InChI=1S/C20H31ClN2O2/c1-5-20(15-22-14-16-7-6-8-17(21)13-16)9-11-23(12-10-20)18(24)25-19(2,3)4/h6-8,13,22H,5,9-12,14-15H2,1-4H3. The first kappa shape index (κ1) is 20.1. The molecule has 140 valence electrons. The predicted molar refractivity (Wildman–Crippen MR) is 103 cm³/mol. The van der Waals surface area contributed by atoms with Crippen molar-refractivity contribution in [2.24, 2.45) is 5.41 Å². The number of benzene rings is 1. The molecule has 1 heterocycles. The number of hydrogen-bond donors (Lipinski definition) is 1. The lowest BCUT2D eigenvalue weighted by Gasteiger charge is -2.41. The highest BCUT2D eigenvalue weighted by molar-refractivity contribution is 6.30. The summed E-state index contributed by atoms with van der Waals surface area (Å²) in [5, 5.41) is 4.35. The van der Waals surface area contributed by atoms with E-state index in [1.807, 2.05) is 43.9 Å². The summed E-state index contributed by atoms with van der Waals surface area (Å²) in [4.78, 5) is 14.1. The normalized spacial score (nSPS) is 17.4. The van der Waals surface area contributed by atoms with Crippen LogP contribution in [-0.4, -0.2) is 36.2 Å². The van der Waals surface area contributed by atoms with Crippen LogP contribution in [0.1, 0.15) is 52.5 Å². The van der Waals surface area contributed by atoms with Crippen LogP contribution in [0.2, 0.25) is 5.02 Å². The van der Waals surface area contributed by atoms with Crippen molar-refractivity contribution in [3.05, 3.63) is 34.9 Å². The van der Waals surface area contributed by atoms with Crippen LogP contribution in [0.5, 0.6) is 0 Å². The van der Waals surface area contributed by atoms with Gasteiger partial charge in [0.2, 0.25) is 0 Å². The van der Waals surface area contributed by atoms with Gasteiger partial charge in [0.1, 0.15) is 5.60 Å². The van der Waals surface area contributed by atoms with E-state index in [1.165, 1.54) is 5.56 Å². The highest BCUT2D eigenvalue weighted by Crippen LogP contribution is 2.34. The van der Waals surface area contributed by atoms with Crippen molar-refractivity contribution in [1.29, 1.82) is 0 Å². The third kappa shape index (κ3) is 6.19. The van der Waals surface area contributed by atoms with E-state index in [0.29, 0.717) is 0 Å². The zero-order valence-electron chi connectivity index (χ0n) is 15.9. The van der Waals surface area contributed by atoms with E-state index < -0.39 is 5.60 Å². The number of carbonyl (C=O) groups is 1. The average molecular weight is 367 g/mol. The summed E-state index contributed by atoms with van der Waals surface area (Å²) in [6.45, 7) is 11.3. The van der Waals surface area contributed by atoms with E-state index in [2.05, 4.69) is 18.3 Å². The molecule has 1 N–H and O–H groups in total. The first-order valence-electron chi connectivity index (χ1n) is 9.16. The Morgan fingerprint density at radius 2 is 2.00 bits per heavy atom. The van der Waals surface area contributed by atoms with Gasteiger partial charge >= 0.3 is 6.09 Å². The lowest BCUT2D eigenvalue weighted by molar-refractivity contribution is 0.00943. The average Bonchev–Trinajstić information content (AvgIpc) is 2.54. The van der Waals surface area contributed by atoms with Gasteiger partial charge in [0, 0.05) is 31.2 Å². The van der Waals surface area contributed by atoms with Crippen molar-refractivity contribution < 1.29 is 9.53 Å². The SMILES string of the molecule is CCC1(CNCc2cccc(Cl)c2)CCN(C(=O)OC(C)(C)C)CC1. The highest BCUT2D eigenvalue weighted by Gasteiger charge is 2.35. The Morgan fingerprint density at radius 1 is 1.32 bits per heavy atom. The fraction of sp³-hybridized carbons (Fsp3) is 0.650. The van der Waals surface area contributed by atoms with E-state index in [0.717, 1.165) is 50.5 Å². The molecule has 0 unspecified atom stereocenters. The molecule has 0 atom stereocenters. The van der Waals surface area contributed by atoms with Crippen LogP contribution < -0.4 is 5.32 Å². The molecule has 1 saturated heterocycles. The number of piperidine rings is 1. The topological polar surface area (TPSA) is 41.6 Å². The summed E-state index contributed by atoms with van der Waals surface area (Å²) in [6, 6.07) is 7.96. The molecule has 0 aliphatic carbocycles. The Balaban J connectivity index is 1.83. The summed E-state index contributed by atoms with van der Waals surface area (Å²) in [6.07, 6.45) is 2.93. The van der Waals surface area contributed by atoms with E-state index in [4.69, 9.17) is 16.3 Å². The molecule has 5 heteroatoms. The second kappa shape index (κ2) is 8.41. The molecule has 0 bridgehead atoms. The molecule has 1 aromatic rings. The number of nitrogens with one attached hydrogen (secondary N) is 1. The third-order valence-corrected chi connectivity index (χ3v) is 5.18. The maximum Gasteiger partial charge on any atom is 0.410 e. The minimum absolute atomic E-state index is 0.191. The fourth-order valence-corrected chi connectivity index (χ4v) is 3.48. The molecule has 1 fully saturated rings. The highest BCUT2D eigenvalue weighted by atomic mass is 35.5. The molecule has 1 aliphatic heterocycles. The summed E-state index contributed by atoms with van der Waals surface area (Å²) in [5.41, 5.74) is 1.01. The number of likely N-dealkylation sites (tertiary alicyclic amines) is 1. The smallest absolute Gasteiger partial charge is 0.410 e. The molecule has 4 nitrogen and oxygen atoms in total. The molecule has 0 spiro atoms. The van der Waals surface area contributed by atoms with Gasteiger partial charge < -0.3 is 15.0 Å². The van der Waals surface area contributed by atoms with Crippen molar-refractivity contribution >= 4 is 17.7 Å². The number of halogens is 1. The molecule has 0 radical (unpaired) electrons. The molecule has 25 heavy (non-hydrogen) atoms. The monoisotopic (exact) mass is 366 g/mol. The van der Waals surface area contributed by atoms with Crippen LogP contribution in [0.25, 0.3) is 0 Å². The number of hydrogen-bond acceptors (Lipinski definition) is 3. The second-order valence-corrected chi connectivity index (χ2v) is 8.49. The zero-order valence-corrected chi connectivity index (χ0v) is 16.7. The van der Waals surface area contributed by atoms with Gasteiger partial charge in [-0.05, 0) is 63.1 Å². The summed E-state index contributed by atoms with van der Waals surface area (Å²) < 4.78 is 5.49. The predicted octanol–water partition coefficient (Wildman–Crippen LogP) is 4.86.